The van der Waals surface area contributed by atoms with Gasteiger partial charge in [-0.2, -0.15) is 5.10 Å². The summed E-state index contributed by atoms with van der Waals surface area (Å²) < 4.78 is 12.6. The fourth-order valence-electron chi connectivity index (χ4n) is 2.47. The highest BCUT2D eigenvalue weighted by atomic mass is 16.5. The maximum atomic E-state index is 5.41. The van der Waals surface area contributed by atoms with Gasteiger partial charge in [-0.25, -0.2) is 4.68 Å². The molecule has 0 fully saturated rings. The van der Waals surface area contributed by atoms with Crippen molar-refractivity contribution in [1.29, 1.82) is 0 Å². The molecule has 3 aromatic rings. The van der Waals surface area contributed by atoms with Crippen LogP contribution in [-0.4, -0.2) is 28.8 Å². The molecular weight excluding hydrogens is 278 g/mol. The summed E-state index contributed by atoms with van der Waals surface area (Å²) in [6.45, 7) is 1.52. The van der Waals surface area contributed by atoms with Gasteiger partial charge in [0.1, 0.15) is 11.5 Å². The molecule has 3 rings (SSSR count). The van der Waals surface area contributed by atoms with E-state index in [4.69, 9.17) is 9.15 Å². The smallest absolute Gasteiger partial charge is 0.119 e. The zero-order valence-electron chi connectivity index (χ0n) is 12.8. The zero-order chi connectivity index (χ0) is 15.4. The van der Waals surface area contributed by atoms with Crippen molar-refractivity contribution in [3.05, 3.63) is 66.4 Å². The standard InChI is InChI=1S/C17H19N3O2/c1-19(13-16-5-3-10-22-16)12-14-11-15(21-2)6-7-17(14)20-9-4-8-18-20/h3-11H,12-13H2,1-2H3. The van der Waals surface area contributed by atoms with Crippen molar-refractivity contribution >= 4 is 0 Å². The van der Waals surface area contributed by atoms with Gasteiger partial charge in [-0.1, -0.05) is 0 Å². The van der Waals surface area contributed by atoms with Crippen molar-refractivity contribution < 1.29 is 9.15 Å². The molecule has 114 valence electrons. The second kappa shape index (κ2) is 6.49. The average Bonchev–Trinajstić information content (AvgIpc) is 3.20. The number of rotatable bonds is 6. The summed E-state index contributed by atoms with van der Waals surface area (Å²) in [5.41, 5.74) is 2.20. The summed E-state index contributed by atoms with van der Waals surface area (Å²) in [4.78, 5) is 2.20. The molecule has 0 amide bonds. The largest absolute Gasteiger partial charge is 0.497 e. The molecule has 0 unspecified atom stereocenters. The number of benzene rings is 1. The highest BCUT2D eigenvalue weighted by Crippen LogP contribution is 2.22. The van der Waals surface area contributed by atoms with E-state index in [-0.39, 0.29) is 0 Å². The zero-order valence-corrected chi connectivity index (χ0v) is 12.8. The van der Waals surface area contributed by atoms with Crippen LogP contribution in [0.2, 0.25) is 0 Å². The Bertz CT molecular complexity index is 706. The monoisotopic (exact) mass is 297 g/mol. The lowest BCUT2D eigenvalue weighted by Crippen LogP contribution is -2.18. The number of ether oxygens (including phenoxy) is 1. The summed E-state index contributed by atoms with van der Waals surface area (Å²) in [6.07, 6.45) is 5.42. The van der Waals surface area contributed by atoms with Gasteiger partial charge in [0.05, 0.1) is 25.6 Å². The average molecular weight is 297 g/mol. The molecule has 2 aromatic heterocycles. The minimum absolute atomic E-state index is 0.753. The van der Waals surface area contributed by atoms with Gasteiger partial charge >= 0.3 is 0 Å². The maximum Gasteiger partial charge on any atom is 0.119 e. The molecule has 0 bridgehead atoms. The van der Waals surface area contributed by atoms with Crippen molar-refractivity contribution in [3.63, 3.8) is 0 Å². The van der Waals surface area contributed by atoms with Gasteiger partial charge in [0.2, 0.25) is 0 Å². The van der Waals surface area contributed by atoms with Crippen LogP contribution in [0.15, 0.2) is 59.5 Å². The highest BCUT2D eigenvalue weighted by molar-refractivity contribution is 5.45. The van der Waals surface area contributed by atoms with Crippen LogP contribution in [-0.2, 0) is 13.1 Å². The van der Waals surface area contributed by atoms with Crippen LogP contribution in [0.3, 0.4) is 0 Å². The molecule has 0 N–H and O–H groups in total. The Morgan fingerprint density at radius 3 is 2.82 bits per heavy atom. The number of hydrogen-bond acceptors (Lipinski definition) is 4. The van der Waals surface area contributed by atoms with Gasteiger partial charge in [-0.05, 0) is 49.0 Å². The minimum Gasteiger partial charge on any atom is -0.497 e. The molecule has 0 radical (unpaired) electrons. The Hall–Kier alpha value is -2.53. The first-order valence-electron chi connectivity index (χ1n) is 7.14. The van der Waals surface area contributed by atoms with Crippen LogP contribution < -0.4 is 4.74 Å². The fraction of sp³-hybridized carbons (Fsp3) is 0.235. The Labute approximate surface area is 129 Å². The maximum absolute atomic E-state index is 5.41. The topological polar surface area (TPSA) is 43.4 Å². The van der Waals surface area contributed by atoms with E-state index in [2.05, 4.69) is 23.1 Å². The summed E-state index contributed by atoms with van der Waals surface area (Å²) in [5.74, 6) is 1.79. The number of hydrogen-bond donors (Lipinski definition) is 0. The lowest BCUT2D eigenvalue weighted by Gasteiger charge is -2.18. The number of methoxy groups -OCH3 is 1. The molecule has 0 saturated heterocycles. The molecule has 5 nitrogen and oxygen atoms in total. The van der Waals surface area contributed by atoms with Crippen molar-refractivity contribution in [2.45, 2.75) is 13.1 Å². The van der Waals surface area contributed by atoms with E-state index < -0.39 is 0 Å². The molecule has 0 aliphatic carbocycles. The van der Waals surface area contributed by atoms with E-state index in [1.807, 2.05) is 41.2 Å². The minimum atomic E-state index is 0.753. The van der Waals surface area contributed by atoms with E-state index in [1.165, 1.54) is 0 Å². The van der Waals surface area contributed by atoms with Crippen molar-refractivity contribution in [3.8, 4) is 11.4 Å². The second-order valence-electron chi connectivity index (χ2n) is 5.20. The third-order valence-electron chi connectivity index (χ3n) is 3.48. The van der Waals surface area contributed by atoms with E-state index in [9.17, 15) is 0 Å². The van der Waals surface area contributed by atoms with Gasteiger partial charge < -0.3 is 9.15 Å². The van der Waals surface area contributed by atoms with Crippen LogP contribution in [0, 0.1) is 0 Å². The summed E-state index contributed by atoms with van der Waals surface area (Å²) in [6, 6.07) is 11.8. The SMILES string of the molecule is COc1ccc(-n2cccn2)c(CN(C)Cc2ccco2)c1. The molecule has 5 heteroatoms. The molecule has 1 aromatic carbocycles. The number of aromatic nitrogens is 2. The van der Waals surface area contributed by atoms with Gasteiger partial charge in [0.15, 0.2) is 0 Å². The summed E-state index contributed by atoms with van der Waals surface area (Å²) >= 11 is 0. The number of nitrogens with zero attached hydrogens (tertiary/aromatic N) is 3. The van der Waals surface area contributed by atoms with Gasteiger partial charge in [-0.3, -0.25) is 4.90 Å². The van der Waals surface area contributed by atoms with E-state index in [0.29, 0.717) is 0 Å². The van der Waals surface area contributed by atoms with Gasteiger partial charge in [0.25, 0.3) is 0 Å². The third kappa shape index (κ3) is 3.20. The number of furan rings is 1. The molecule has 0 aliphatic heterocycles. The first kappa shape index (κ1) is 14.4. The predicted molar refractivity (Wildman–Crippen MR) is 84.0 cm³/mol. The van der Waals surface area contributed by atoms with Crippen molar-refractivity contribution in [1.82, 2.24) is 14.7 Å². The Morgan fingerprint density at radius 2 is 2.14 bits per heavy atom. The lowest BCUT2D eigenvalue weighted by atomic mass is 10.1. The van der Waals surface area contributed by atoms with Gasteiger partial charge in [0, 0.05) is 18.9 Å². The fourth-order valence-corrected chi connectivity index (χ4v) is 2.47. The van der Waals surface area contributed by atoms with Crippen molar-refractivity contribution in [2.24, 2.45) is 0 Å². The Balaban J connectivity index is 1.84. The van der Waals surface area contributed by atoms with E-state index >= 15 is 0 Å². The predicted octanol–water partition coefficient (Wildman–Crippen LogP) is 3.11. The molecule has 0 saturated carbocycles. The van der Waals surface area contributed by atoms with Gasteiger partial charge in [-0.15, -0.1) is 0 Å². The first-order chi connectivity index (χ1) is 10.8. The van der Waals surface area contributed by atoms with E-state index in [1.54, 1.807) is 19.6 Å². The van der Waals surface area contributed by atoms with Crippen LogP contribution in [0.1, 0.15) is 11.3 Å². The molecule has 0 atom stereocenters. The second-order valence-corrected chi connectivity index (χ2v) is 5.20. The van der Waals surface area contributed by atoms with Crippen LogP contribution in [0.25, 0.3) is 5.69 Å². The normalized spacial score (nSPS) is 11.0. The van der Waals surface area contributed by atoms with Crippen LogP contribution >= 0.6 is 0 Å². The molecular formula is C17H19N3O2. The highest BCUT2D eigenvalue weighted by Gasteiger charge is 2.11. The Kier molecular flexibility index (Phi) is 4.25. The quantitative estimate of drug-likeness (QED) is 0.701. The summed E-state index contributed by atoms with van der Waals surface area (Å²) in [7, 11) is 3.74. The third-order valence-corrected chi connectivity index (χ3v) is 3.48. The van der Waals surface area contributed by atoms with E-state index in [0.717, 1.165) is 35.9 Å². The van der Waals surface area contributed by atoms with Crippen molar-refractivity contribution in [2.75, 3.05) is 14.2 Å². The van der Waals surface area contributed by atoms with Crippen LogP contribution in [0.5, 0.6) is 5.75 Å². The molecule has 0 aliphatic rings. The van der Waals surface area contributed by atoms with Crippen LogP contribution in [0.4, 0.5) is 0 Å². The summed E-state index contributed by atoms with van der Waals surface area (Å²) in [5, 5.41) is 4.32. The Morgan fingerprint density at radius 1 is 1.23 bits per heavy atom. The molecule has 2 heterocycles. The molecule has 0 spiro atoms. The lowest BCUT2D eigenvalue weighted by molar-refractivity contribution is 0.287. The first-order valence-corrected chi connectivity index (χ1v) is 7.14. The molecule has 22 heavy (non-hydrogen) atoms.